The van der Waals surface area contributed by atoms with E-state index in [1.54, 1.807) is 36.4 Å². The lowest BCUT2D eigenvalue weighted by Gasteiger charge is -2.12. The van der Waals surface area contributed by atoms with Gasteiger partial charge in [0, 0.05) is 59.3 Å². The minimum absolute atomic E-state index is 0.363. The van der Waals surface area contributed by atoms with E-state index in [1.165, 1.54) is 36.5 Å². The summed E-state index contributed by atoms with van der Waals surface area (Å²) in [5.74, 6) is 0. The van der Waals surface area contributed by atoms with Crippen LogP contribution >= 0.6 is 0 Å². The number of rotatable bonds is 12. The van der Waals surface area contributed by atoms with Gasteiger partial charge in [-0.15, -0.1) is 0 Å². The van der Waals surface area contributed by atoms with Crippen molar-refractivity contribution in [2.24, 2.45) is 0 Å². The van der Waals surface area contributed by atoms with Crippen LogP contribution in [0, 0.1) is 30.3 Å². The first-order valence-corrected chi connectivity index (χ1v) is 14.8. The summed E-state index contributed by atoms with van der Waals surface area (Å²) in [6.07, 6.45) is 8.37. The summed E-state index contributed by atoms with van der Waals surface area (Å²) in [6, 6.07) is 21.6. The van der Waals surface area contributed by atoms with Crippen LogP contribution in [0.15, 0.2) is 72.8 Å². The van der Waals surface area contributed by atoms with Crippen molar-refractivity contribution < 1.29 is 14.8 Å². The Bertz CT molecular complexity index is 1670. The van der Waals surface area contributed by atoms with Crippen molar-refractivity contribution in [2.45, 2.75) is 0 Å². The first-order valence-electron chi connectivity index (χ1n) is 14.8. The number of nitro benzene ring substituents is 3. The molecule has 0 saturated heterocycles. The summed E-state index contributed by atoms with van der Waals surface area (Å²) in [7, 11) is 11.3. The molecule has 246 valence electrons. The van der Waals surface area contributed by atoms with E-state index in [9.17, 15) is 30.3 Å². The number of anilines is 3. The maximum Gasteiger partial charge on any atom is 0.297 e. The summed E-state index contributed by atoms with van der Waals surface area (Å²) < 4.78 is 0. The smallest absolute Gasteiger partial charge is 0.297 e. The van der Waals surface area contributed by atoms with E-state index in [4.69, 9.17) is 0 Å². The van der Waals surface area contributed by atoms with Crippen molar-refractivity contribution in [3.05, 3.63) is 137 Å². The zero-order chi connectivity index (χ0) is 35.1. The SMILES string of the molecule is CN(C)c1ccc(/C=C/c2c([N+](=O)[O-])c(/C=C/c3ccc(N(C)C)cc3)c([N+](=O)[O-])c(/C=C/c3ccc(N(C)C)cc3)c2[N+](=O)[O-])cc1. The Kier molecular flexibility index (Phi) is 10.7. The van der Waals surface area contributed by atoms with Crippen LogP contribution in [0.5, 0.6) is 0 Å². The molecule has 0 aliphatic heterocycles. The Labute approximate surface area is 278 Å². The first kappa shape index (κ1) is 34.6. The van der Waals surface area contributed by atoms with Crippen LogP contribution in [0.3, 0.4) is 0 Å². The highest BCUT2D eigenvalue weighted by atomic mass is 16.6. The highest BCUT2D eigenvalue weighted by Crippen LogP contribution is 2.46. The fraction of sp³-hybridized carbons (Fsp3) is 0.167. The monoisotopic (exact) mass is 648 g/mol. The number of hydrogen-bond acceptors (Lipinski definition) is 9. The van der Waals surface area contributed by atoms with E-state index >= 15 is 0 Å². The van der Waals surface area contributed by atoms with Gasteiger partial charge in [-0.05, 0) is 71.3 Å². The highest BCUT2D eigenvalue weighted by Gasteiger charge is 2.39. The molecule has 4 aromatic rings. The molecule has 12 nitrogen and oxygen atoms in total. The van der Waals surface area contributed by atoms with Gasteiger partial charge < -0.3 is 14.7 Å². The van der Waals surface area contributed by atoms with Crippen LogP contribution in [0.25, 0.3) is 36.5 Å². The lowest BCUT2D eigenvalue weighted by Crippen LogP contribution is -2.08. The van der Waals surface area contributed by atoms with Crippen LogP contribution in [0.2, 0.25) is 0 Å². The molecule has 0 aliphatic carbocycles. The molecular weight excluding hydrogens is 612 g/mol. The molecule has 0 spiro atoms. The Balaban J connectivity index is 2.02. The summed E-state index contributed by atoms with van der Waals surface area (Å²) >= 11 is 0. The topological polar surface area (TPSA) is 139 Å². The highest BCUT2D eigenvalue weighted by molar-refractivity contribution is 5.96. The maximum absolute atomic E-state index is 12.7. The molecular formula is C36H36N6O6. The van der Waals surface area contributed by atoms with Gasteiger partial charge in [0.25, 0.3) is 17.1 Å². The van der Waals surface area contributed by atoms with E-state index in [0.717, 1.165) is 17.1 Å². The van der Waals surface area contributed by atoms with Crippen molar-refractivity contribution in [1.29, 1.82) is 0 Å². The van der Waals surface area contributed by atoms with Gasteiger partial charge in [0.1, 0.15) is 16.7 Å². The number of benzene rings is 4. The summed E-state index contributed by atoms with van der Waals surface area (Å²) in [5, 5.41) is 38.1. The third kappa shape index (κ3) is 7.91. The molecule has 0 bridgehead atoms. The molecule has 4 aromatic carbocycles. The van der Waals surface area contributed by atoms with Crippen LogP contribution in [0.4, 0.5) is 34.1 Å². The van der Waals surface area contributed by atoms with Crippen molar-refractivity contribution in [1.82, 2.24) is 0 Å². The molecule has 0 saturated carbocycles. The van der Waals surface area contributed by atoms with Gasteiger partial charge in [-0.25, -0.2) is 0 Å². The van der Waals surface area contributed by atoms with Crippen LogP contribution in [0.1, 0.15) is 33.4 Å². The lowest BCUT2D eigenvalue weighted by atomic mass is 9.94. The quantitative estimate of drug-likeness (QED) is 0.0846. The summed E-state index contributed by atoms with van der Waals surface area (Å²) in [6.45, 7) is 0. The second-order valence-electron chi connectivity index (χ2n) is 11.5. The van der Waals surface area contributed by atoms with E-state index in [1.807, 2.05) is 93.4 Å². The van der Waals surface area contributed by atoms with Crippen LogP contribution in [-0.4, -0.2) is 57.1 Å². The number of nitrogens with zero attached hydrogens (tertiary/aromatic N) is 6. The molecule has 0 amide bonds. The van der Waals surface area contributed by atoms with Crippen molar-refractivity contribution in [3.8, 4) is 0 Å². The standard InChI is InChI=1S/C36H36N6O6/c1-37(2)28-16-7-25(8-17-28)13-22-31-34(40(43)44)32(23-14-26-9-18-29(19-10-26)38(3)4)36(42(47)48)33(35(31)41(45)46)24-15-27-11-20-30(21-12-27)39(5)6/h7-24H,1-6H3/b22-13+,23-14+,24-15+. The van der Waals surface area contributed by atoms with Gasteiger partial charge >= 0.3 is 0 Å². The van der Waals surface area contributed by atoms with E-state index in [2.05, 4.69) is 0 Å². The van der Waals surface area contributed by atoms with Gasteiger partial charge in [-0.2, -0.15) is 0 Å². The van der Waals surface area contributed by atoms with Crippen LogP contribution in [-0.2, 0) is 0 Å². The molecule has 0 atom stereocenters. The minimum atomic E-state index is -0.808. The molecule has 4 rings (SSSR count). The molecule has 0 heterocycles. The molecule has 0 unspecified atom stereocenters. The number of nitro groups is 3. The molecule has 0 aromatic heterocycles. The maximum atomic E-state index is 12.7. The van der Waals surface area contributed by atoms with E-state index in [0.29, 0.717) is 16.7 Å². The van der Waals surface area contributed by atoms with Crippen molar-refractivity contribution in [3.63, 3.8) is 0 Å². The van der Waals surface area contributed by atoms with Gasteiger partial charge in [0.15, 0.2) is 0 Å². The Morgan fingerprint density at radius 3 is 0.771 bits per heavy atom. The largest absolute Gasteiger partial charge is 0.378 e. The summed E-state index contributed by atoms with van der Waals surface area (Å²) in [4.78, 5) is 41.4. The number of hydrogen-bond donors (Lipinski definition) is 0. The molecule has 48 heavy (non-hydrogen) atoms. The van der Waals surface area contributed by atoms with Crippen LogP contribution < -0.4 is 14.7 Å². The zero-order valence-corrected chi connectivity index (χ0v) is 27.5. The predicted molar refractivity (Wildman–Crippen MR) is 195 cm³/mol. The van der Waals surface area contributed by atoms with Gasteiger partial charge in [-0.3, -0.25) is 30.3 Å². The van der Waals surface area contributed by atoms with Crippen molar-refractivity contribution >= 4 is 70.6 Å². The Morgan fingerprint density at radius 1 is 0.396 bits per heavy atom. The first-order chi connectivity index (χ1) is 22.8. The van der Waals surface area contributed by atoms with Gasteiger partial charge in [-0.1, -0.05) is 54.6 Å². The molecule has 0 fully saturated rings. The third-order valence-electron chi connectivity index (χ3n) is 7.63. The van der Waals surface area contributed by atoms with E-state index in [-0.39, 0.29) is 16.7 Å². The van der Waals surface area contributed by atoms with Gasteiger partial charge in [0.05, 0.1) is 14.8 Å². The average molecular weight is 649 g/mol. The second-order valence-corrected chi connectivity index (χ2v) is 11.5. The Hall–Kier alpha value is -6.30. The fourth-order valence-corrected chi connectivity index (χ4v) is 5.02. The Morgan fingerprint density at radius 2 is 0.604 bits per heavy atom. The average Bonchev–Trinajstić information content (AvgIpc) is 3.04. The zero-order valence-electron chi connectivity index (χ0n) is 27.5. The lowest BCUT2D eigenvalue weighted by molar-refractivity contribution is -0.403. The molecule has 0 radical (unpaired) electrons. The minimum Gasteiger partial charge on any atom is -0.378 e. The predicted octanol–water partition coefficient (Wildman–Crippen LogP) is 8.12. The second kappa shape index (κ2) is 14.9. The molecule has 12 heteroatoms. The molecule has 0 N–H and O–H groups in total. The van der Waals surface area contributed by atoms with Crippen molar-refractivity contribution in [2.75, 3.05) is 57.0 Å². The fourth-order valence-electron chi connectivity index (χ4n) is 5.02. The summed E-state index contributed by atoms with van der Waals surface area (Å²) in [5.41, 5.74) is 1.28. The molecule has 0 aliphatic rings. The van der Waals surface area contributed by atoms with Gasteiger partial charge in [0.2, 0.25) is 0 Å². The third-order valence-corrected chi connectivity index (χ3v) is 7.63. The van der Waals surface area contributed by atoms with E-state index < -0.39 is 31.8 Å². The normalized spacial score (nSPS) is 11.4.